The van der Waals surface area contributed by atoms with Gasteiger partial charge in [0.1, 0.15) is 28.7 Å². The number of halogens is 3. The average Bonchev–Trinajstić information content (AvgIpc) is 2.65. The molecule has 2 aromatic rings. The molecule has 94 valence electrons. The molecule has 1 N–H and O–H groups in total. The summed E-state index contributed by atoms with van der Waals surface area (Å²) in [5.74, 6) is -2.80. The highest BCUT2D eigenvalue weighted by Gasteiger charge is 2.24. The van der Waals surface area contributed by atoms with Gasteiger partial charge in [-0.3, -0.25) is 0 Å². The molecule has 0 saturated carbocycles. The van der Waals surface area contributed by atoms with Crippen LogP contribution < -0.4 is 0 Å². The molecule has 18 heavy (non-hydrogen) atoms. The molecule has 0 unspecified atom stereocenters. The number of hydrogen-bond donors (Lipinski definition) is 1. The van der Waals surface area contributed by atoms with Crippen molar-refractivity contribution in [3.05, 3.63) is 39.6 Å². The van der Waals surface area contributed by atoms with Crippen LogP contribution in [0.25, 0.3) is 11.3 Å². The molecule has 1 aromatic carbocycles. The standard InChI is InChI=1S/C11H6BrF2NO3/c1-4-8(11(16)17)10(15-18-4)6-2-5(13)3-7(12)9(6)14/h2-3H,1H3,(H,16,17). The van der Waals surface area contributed by atoms with E-state index >= 15 is 0 Å². The van der Waals surface area contributed by atoms with Crippen molar-refractivity contribution in [1.29, 1.82) is 0 Å². The second-order valence-corrected chi connectivity index (χ2v) is 4.37. The largest absolute Gasteiger partial charge is 0.477 e. The SMILES string of the molecule is Cc1onc(-c2cc(F)cc(Br)c2F)c1C(=O)O. The molecule has 7 heteroatoms. The van der Waals surface area contributed by atoms with Crippen LogP contribution in [0.5, 0.6) is 0 Å². The van der Waals surface area contributed by atoms with Crippen molar-refractivity contribution in [2.45, 2.75) is 6.92 Å². The minimum Gasteiger partial charge on any atom is -0.477 e. The molecule has 0 aliphatic heterocycles. The molecule has 0 amide bonds. The van der Waals surface area contributed by atoms with Crippen molar-refractivity contribution in [3.63, 3.8) is 0 Å². The van der Waals surface area contributed by atoms with Crippen molar-refractivity contribution < 1.29 is 23.2 Å². The molecule has 1 heterocycles. The summed E-state index contributed by atoms with van der Waals surface area (Å²) in [5.41, 5.74) is -0.791. The summed E-state index contributed by atoms with van der Waals surface area (Å²) >= 11 is 2.84. The van der Waals surface area contributed by atoms with Gasteiger partial charge in [-0.05, 0) is 35.0 Å². The normalized spacial score (nSPS) is 10.7. The quantitative estimate of drug-likeness (QED) is 0.862. The number of aryl methyl sites for hydroxylation is 1. The Kier molecular flexibility index (Phi) is 3.16. The Morgan fingerprint density at radius 3 is 2.72 bits per heavy atom. The maximum Gasteiger partial charge on any atom is 0.341 e. The molecule has 0 aliphatic rings. The topological polar surface area (TPSA) is 63.3 Å². The molecule has 0 aliphatic carbocycles. The fourth-order valence-corrected chi connectivity index (χ4v) is 1.97. The van der Waals surface area contributed by atoms with Crippen LogP contribution in [-0.2, 0) is 0 Å². The molecule has 4 nitrogen and oxygen atoms in total. The first-order chi connectivity index (χ1) is 8.41. The van der Waals surface area contributed by atoms with Crippen LogP contribution in [-0.4, -0.2) is 16.2 Å². The number of carbonyl (C=O) groups is 1. The zero-order chi connectivity index (χ0) is 13.4. The van der Waals surface area contributed by atoms with Crippen LogP contribution in [0, 0.1) is 18.6 Å². The number of benzene rings is 1. The van der Waals surface area contributed by atoms with Gasteiger partial charge < -0.3 is 9.63 Å². The lowest BCUT2D eigenvalue weighted by atomic mass is 10.1. The average molecular weight is 318 g/mol. The Hall–Kier alpha value is -1.76. The second-order valence-electron chi connectivity index (χ2n) is 3.52. The minimum absolute atomic E-state index is 0.0253. The van der Waals surface area contributed by atoms with E-state index in [4.69, 9.17) is 9.63 Å². The lowest BCUT2D eigenvalue weighted by Gasteiger charge is -2.03. The van der Waals surface area contributed by atoms with Gasteiger partial charge >= 0.3 is 5.97 Å². The van der Waals surface area contributed by atoms with Crippen LogP contribution in [0.1, 0.15) is 16.1 Å². The van der Waals surface area contributed by atoms with Gasteiger partial charge in [0.15, 0.2) is 0 Å². The molecule has 0 atom stereocenters. The zero-order valence-corrected chi connectivity index (χ0v) is 10.6. The summed E-state index contributed by atoms with van der Waals surface area (Å²) in [4.78, 5) is 11.0. The Morgan fingerprint density at radius 1 is 1.44 bits per heavy atom. The van der Waals surface area contributed by atoms with E-state index in [1.165, 1.54) is 6.92 Å². The van der Waals surface area contributed by atoms with E-state index in [1.807, 2.05) is 0 Å². The van der Waals surface area contributed by atoms with Gasteiger partial charge in [0.05, 0.1) is 4.47 Å². The van der Waals surface area contributed by atoms with Crippen LogP contribution >= 0.6 is 15.9 Å². The van der Waals surface area contributed by atoms with Crippen molar-refractivity contribution in [2.24, 2.45) is 0 Å². The van der Waals surface area contributed by atoms with E-state index in [0.717, 1.165) is 12.1 Å². The third kappa shape index (κ3) is 2.01. The van der Waals surface area contributed by atoms with Crippen molar-refractivity contribution in [2.75, 3.05) is 0 Å². The molecule has 0 spiro atoms. The molecular formula is C11H6BrF2NO3. The van der Waals surface area contributed by atoms with Crippen molar-refractivity contribution in [1.82, 2.24) is 5.16 Å². The lowest BCUT2D eigenvalue weighted by molar-refractivity contribution is 0.0695. The number of rotatable bonds is 2. The summed E-state index contributed by atoms with van der Waals surface area (Å²) < 4.78 is 31.7. The highest BCUT2D eigenvalue weighted by molar-refractivity contribution is 9.10. The van der Waals surface area contributed by atoms with Gasteiger partial charge in [-0.2, -0.15) is 0 Å². The maximum atomic E-state index is 13.8. The van der Waals surface area contributed by atoms with Gasteiger partial charge in [0, 0.05) is 5.56 Å². The number of carboxylic acids is 1. The number of aromatic carboxylic acids is 1. The van der Waals surface area contributed by atoms with E-state index in [-0.39, 0.29) is 27.1 Å². The molecular weight excluding hydrogens is 312 g/mol. The Morgan fingerprint density at radius 2 is 2.11 bits per heavy atom. The lowest BCUT2D eigenvalue weighted by Crippen LogP contribution is -2.01. The smallest absolute Gasteiger partial charge is 0.341 e. The monoisotopic (exact) mass is 317 g/mol. The summed E-state index contributed by atoms with van der Waals surface area (Å²) in [6.45, 7) is 1.38. The predicted octanol–water partition coefficient (Wildman–Crippen LogP) is 3.39. The highest BCUT2D eigenvalue weighted by Crippen LogP contribution is 2.31. The fourth-order valence-electron chi connectivity index (χ4n) is 1.54. The zero-order valence-electron chi connectivity index (χ0n) is 9.00. The molecule has 1 aromatic heterocycles. The van der Waals surface area contributed by atoms with Gasteiger partial charge in [0.25, 0.3) is 0 Å². The van der Waals surface area contributed by atoms with E-state index in [1.54, 1.807) is 0 Å². The Balaban J connectivity index is 2.74. The third-order valence-electron chi connectivity index (χ3n) is 2.32. The summed E-state index contributed by atoms with van der Waals surface area (Å²) in [7, 11) is 0. The molecule has 0 saturated heterocycles. The first-order valence-electron chi connectivity index (χ1n) is 4.76. The minimum atomic E-state index is -1.32. The van der Waals surface area contributed by atoms with Crippen LogP contribution in [0.15, 0.2) is 21.1 Å². The highest BCUT2D eigenvalue weighted by atomic mass is 79.9. The number of nitrogens with zero attached hydrogens (tertiary/aromatic N) is 1. The van der Waals surface area contributed by atoms with Gasteiger partial charge in [-0.25, -0.2) is 13.6 Å². The first-order valence-corrected chi connectivity index (χ1v) is 5.55. The van der Waals surface area contributed by atoms with E-state index in [0.29, 0.717) is 0 Å². The Bertz CT molecular complexity index is 639. The number of hydrogen-bond acceptors (Lipinski definition) is 3. The number of aromatic nitrogens is 1. The van der Waals surface area contributed by atoms with Crippen LogP contribution in [0.4, 0.5) is 8.78 Å². The summed E-state index contributed by atoms with van der Waals surface area (Å²) in [6.07, 6.45) is 0. The van der Waals surface area contributed by atoms with Gasteiger partial charge in [-0.1, -0.05) is 5.16 Å². The van der Waals surface area contributed by atoms with Crippen molar-refractivity contribution in [3.8, 4) is 11.3 Å². The Labute approximate surface area is 108 Å². The van der Waals surface area contributed by atoms with Gasteiger partial charge in [-0.15, -0.1) is 0 Å². The maximum absolute atomic E-state index is 13.8. The van der Waals surface area contributed by atoms with Gasteiger partial charge in [0.2, 0.25) is 0 Å². The van der Waals surface area contributed by atoms with Crippen LogP contribution in [0.2, 0.25) is 0 Å². The fraction of sp³-hybridized carbons (Fsp3) is 0.0909. The van der Waals surface area contributed by atoms with E-state index in [2.05, 4.69) is 21.1 Å². The molecule has 0 bridgehead atoms. The second kappa shape index (κ2) is 4.49. The van der Waals surface area contributed by atoms with E-state index in [9.17, 15) is 13.6 Å². The predicted molar refractivity (Wildman–Crippen MR) is 61.3 cm³/mol. The number of carboxylic acid groups (broad SMARTS) is 1. The first kappa shape index (κ1) is 12.7. The third-order valence-corrected chi connectivity index (χ3v) is 2.90. The molecule has 2 rings (SSSR count). The summed E-state index contributed by atoms with van der Waals surface area (Å²) in [6, 6.07) is 1.80. The van der Waals surface area contributed by atoms with Crippen LogP contribution in [0.3, 0.4) is 0 Å². The molecule has 0 fully saturated rings. The van der Waals surface area contributed by atoms with E-state index < -0.39 is 17.6 Å². The molecule has 0 radical (unpaired) electrons. The van der Waals surface area contributed by atoms with Crippen molar-refractivity contribution >= 4 is 21.9 Å². The summed E-state index contributed by atoms with van der Waals surface area (Å²) in [5, 5.41) is 12.5.